The van der Waals surface area contributed by atoms with Gasteiger partial charge in [0.05, 0.1) is 14.2 Å². The van der Waals surface area contributed by atoms with E-state index < -0.39 is 23.6 Å². The molecule has 6 heteroatoms. The first kappa shape index (κ1) is 12.3. The molecule has 4 nitrogen and oxygen atoms in total. The van der Waals surface area contributed by atoms with Crippen LogP contribution in [0.3, 0.4) is 0 Å². The van der Waals surface area contributed by atoms with Crippen LogP contribution in [0.15, 0.2) is 23.8 Å². The second-order valence-corrected chi connectivity index (χ2v) is 2.01. The van der Waals surface area contributed by atoms with Gasteiger partial charge in [0.2, 0.25) is 11.7 Å². The minimum atomic E-state index is -1.31. The fourth-order valence-corrected chi connectivity index (χ4v) is 0.477. The van der Waals surface area contributed by atoms with Crippen molar-refractivity contribution in [1.29, 1.82) is 0 Å². The zero-order valence-electron chi connectivity index (χ0n) is 7.54. The SMILES string of the molecule is COC(=O)/C(F)=C/C=C(\F)C(=O)OC. The number of hydrogen-bond donors (Lipinski definition) is 0. The zero-order valence-corrected chi connectivity index (χ0v) is 7.54. The maximum absolute atomic E-state index is 12.5. The Morgan fingerprint density at radius 1 is 0.929 bits per heavy atom. The standard InChI is InChI=1S/C8H8F2O4/c1-13-7(11)5(9)3-4-6(10)8(12)14-2/h3-4H,1-2H3/b5-3-,6-4-. The number of ether oxygens (including phenoxy) is 2. The third-order valence-corrected chi connectivity index (χ3v) is 1.14. The van der Waals surface area contributed by atoms with Gasteiger partial charge in [-0.25, -0.2) is 9.59 Å². The summed E-state index contributed by atoms with van der Waals surface area (Å²) in [5.41, 5.74) is 0. The summed E-state index contributed by atoms with van der Waals surface area (Å²) in [6.07, 6.45) is 0.941. The molecule has 0 saturated carbocycles. The van der Waals surface area contributed by atoms with E-state index >= 15 is 0 Å². The van der Waals surface area contributed by atoms with Crippen molar-refractivity contribution in [3.8, 4) is 0 Å². The number of hydrogen-bond acceptors (Lipinski definition) is 4. The van der Waals surface area contributed by atoms with E-state index in [-0.39, 0.29) is 0 Å². The molecule has 0 aliphatic heterocycles. The quantitative estimate of drug-likeness (QED) is 0.393. The summed E-state index contributed by atoms with van der Waals surface area (Å²) in [6, 6.07) is 0. The van der Waals surface area contributed by atoms with E-state index in [9.17, 15) is 18.4 Å². The molecule has 0 heterocycles. The van der Waals surface area contributed by atoms with E-state index in [1.54, 1.807) is 0 Å². The van der Waals surface area contributed by atoms with Gasteiger partial charge in [-0.15, -0.1) is 0 Å². The number of allylic oxidation sites excluding steroid dienone is 2. The first-order valence-corrected chi connectivity index (χ1v) is 3.42. The molecule has 0 spiro atoms. The van der Waals surface area contributed by atoms with Crippen molar-refractivity contribution in [2.75, 3.05) is 14.2 Å². The van der Waals surface area contributed by atoms with Crippen LogP contribution in [-0.4, -0.2) is 26.2 Å². The summed E-state index contributed by atoms with van der Waals surface area (Å²) in [7, 11) is 1.94. The summed E-state index contributed by atoms with van der Waals surface area (Å²) in [4.78, 5) is 20.9. The molecule has 0 atom stereocenters. The maximum Gasteiger partial charge on any atom is 0.366 e. The summed E-state index contributed by atoms with van der Waals surface area (Å²) in [6.45, 7) is 0. The molecule has 0 saturated heterocycles. The number of methoxy groups -OCH3 is 2. The molecule has 0 radical (unpaired) electrons. The average molecular weight is 206 g/mol. The highest BCUT2D eigenvalue weighted by atomic mass is 19.1. The zero-order chi connectivity index (χ0) is 11.1. The highest BCUT2D eigenvalue weighted by Gasteiger charge is 2.09. The third kappa shape index (κ3) is 3.79. The van der Waals surface area contributed by atoms with Crippen molar-refractivity contribution in [2.45, 2.75) is 0 Å². The topological polar surface area (TPSA) is 52.6 Å². The van der Waals surface area contributed by atoms with E-state index in [0.29, 0.717) is 12.2 Å². The Bertz CT molecular complexity index is 264. The molecular weight excluding hydrogens is 198 g/mol. The molecule has 0 aromatic heterocycles. The smallest absolute Gasteiger partial charge is 0.366 e. The molecule has 0 aromatic rings. The largest absolute Gasteiger partial charge is 0.464 e. The Labute approximate surface area is 78.8 Å². The lowest BCUT2D eigenvalue weighted by Gasteiger charge is -1.93. The second kappa shape index (κ2) is 5.85. The lowest BCUT2D eigenvalue weighted by molar-refractivity contribution is -0.138. The predicted octanol–water partition coefficient (Wildman–Crippen LogP) is 1.04. The van der Waals surface area contributed by atoms with Gasteiger partial charge in [0.15, 0.2) is 0 Å². The Morgan fingerprint density at radius 2 is 1.21 bits per heavy atom. The number of rotatable bonds is 3. The van der Waals surface area contributed by atoms with Crippen molar-refractivity contribution in [1.82, 2.24) is 0 Å². The summed E-state index contributed by atoms with van der Waals surface area (Å²) in [5, 5.41) is 0. The van der Waals surface area contributed by atoms with Gasteiger partial charge in [0.1, 0.15) is 0 Å². The number of carbonyl (C=O) groups is 2. The molecule has 0 aromatic carbocycles. The Balaban J connectivity index is 4.53. The van der Waals surface area contributed by atoms with Gasteiger partial charge in [0, 0.05) is 0 Å². The molecule has 14 heavy (non-hydrogen) atoms. The van der Waals surface area contributed by atoms with Crippen molar-refractivity contribution in [3.05, 3.63) is 23.8 Å². The second-order valence-electron chi connectivity index (χ2n) is 2.01. The van der Waals surface area contributed by atoms with Gasteiger partial charge in [-0.1, -0.05) is 0 Å². The van der Waals surface area contributed by atoms with Crippen LogP contribution in [0, 0.1) is 0 Å². The number of esters is 2. The van der Waals surface area contributed by atoms with Crippen LogP contribution in [0.4, 0.5) is 8.78 Å². The van der Waals surface area contributed by atoms with Gasteiger partial charge in [-0.05, 0) is 12.2 Å². The van der Waals surface area contributed by atoms with Gasteiger partial charge in [-0.2, -0.15) is 8.78 Å². The van der Waals surface area contributed by atoms with Crippen molar-refractivity contribution in [3.63, 3.8) is 0 Å². The third-order valence-electron chi connectivity index (χ3n) is 1.14. The fourth-order valence-electron chi connectivity index (χ4n) is 0.477. The summed E-state index contributed by atoms with van der Waals surface area (Å²) >= 11 is 0. The van der Waals surface area contributed by atoms with Crippen LogP contribution in [0.25, 0.3) is 0 Å². The van der Waals surface area contributed by atoms with E-state index in [2.05, 4.69) is 9.47 Å². The molecule has 78 valence electrons. The van der Waals surface area contributed by atoms with Crippen LogP contribution >= 0.6 is 0 Å². The van der Waals surface area contributed by atoms with Crippen LogP contribution in [-0.2, 0) is 19.1 Å². The minimum absolute atomic E-state index is 0.470. The fraction of sp³-hybridized carbons (Fsp3) is 0.250. The lowest BCUT2D eigenvalue weighted by Crippen LogP contribution is -2.01. The predicted molar refractivity (Wildman–Crippen MR) is 42.4 cm³/mol. The average Bonchev–Trinajstić information content (AvgIpc) is 2.22. The Hall–Kier alpha value is -1.72. The molecule has 0 unspecified atom stereocenters. The van der Waals surface area contributed by atoms with E-state index in [4.69, 9.17) is 0 Å². The van der Waals surface area contributed by atoms with Gasteiger partial charge >= 0.3 is 11.9 Å². The summed E-state index contributed by atoms with van der Waals surface area (Å²) < 4.78 is 33.1. The minimum Gasteiger partial charge on any atom is -0.464 e. The Kier molecular flexibility index (Phi) is 5.13. The van der Waals surface area contributed by atoms with Crippen LogP contribution < -0.4 is 0 Å². The molecule has 0 N–H and O–H groups in total. The molecular formula is C8H8F2O4. The summed E-state index contributed by atoms with van der Waals surface area (Å²) in [5.74, 6) is -5.13. The number of halogens is 2. The van der Waals surface area contributed by atoms with Gasteiger partial charge in [-0.3, -0.25) is 0 Å². The van der Waals surface area contributed by atoms with Crippen molar-refractivity contribution < 1.29 is 27.8 Å². The Morgan fingerprint density at radius 3 is 1.43 bits per heavy atom. The monoisotopic (exact) mass is 206 g/mol. The number of carbonyl (C=O) groups excluding carboxylic acids is 2. The van der Waals surface area contributed by atoms with Crippen molar-refractivity contribution in [2.24, 2.45) is 0 Å². The molecule has 0 amide bonds. The van der Waals surface area contributed by atoms with Gasteiger partial charge < -0.3 is 9.47 Å². The lowest BCUT2D eigenvalue weighted by atomic mass is 10.4. The molecule has 0 fully saturated rings. The van der Waals surface area contributed by atoms with Crippen molar-refractivity contribution >= 4 is 11.9 Å². The maximum atomic E-state index is 12.5. The van der Waals surface area contributed by atoms with Crippen LogP contribution in [0.5, 0.6) is 0 Å². The molecule has 0 rings (SSSR count). The normalized spacial score (nSPS) is 12.3. The first-order valence-electron chi connectivity index (χ1n) is 3.42. The first-order chi connectivity index (χ1) is 6.52. The molecule has 0 aliphatic carbocycles. The van der Waals surface area contributed by atoms with Crippen LogP contribution in [0.1, 0.15) is 0 Å². The highest BCUT2D eigenvalue weighted by Crippen LogP contribution is 2.04. The van der Waals surface area contributed by atoms with E-state index in [1.165, 1.54) is 0 Å². The highest BCUT2D eigenvalue weighted by molar-refractivity contribution is 5.88. The van der Waals surface area contributed by atoms with E-state index in [1.807, 2.05) is 0 Å². The molecule has 0 aliphatic rings. The van der Waals surface area contributed by atoms with Gasteiger partial charge in [0.25, 0.3) is 0 Å². The van der Waals surface area contributed by atoms with E-state index in [0.717, 1.165) is 14.2 Å². The molecule has 0 bridgehead atoms. The van der Waals surface area contributed by atoms with Crippen LogP contribution in [0.2, 0.25) is 0 Å².